The molecule has 20 heavy (non-hydrogen) atoms. The Bertz CT molecular complexity index is 718. The Labute approximate surface area is 131 Å². The Hall–Kier alpha value is -1.11. The first-order chi connectivity index (χ1) is 9.42. The van der Waals surface area contributed by atoms with E-state index in [1.807, 2.05) is 13.0 Å². The Kier molecular flexibility index (Phi) is 4.67. The van der Waals surface area contributed by atoms with Gasteiger partial charge >= 0.3 is 0 Å². The summed E-state index contributed by atoms with van der Waals surface area (Å²) in [5, 5.41) is 0.252. The number of nitrogens with zero attached hydrogens (tertiary/aromatic N) is 1. The fourth-order valence-corrected chi connectivity index (χ4v) is 3.24. The summed E-state index contributed by atoms with van der Waals surface area (Å²) in [5.74, 6) is 0. The van der Waals surface area contributed by atoms with Crippen LogP contribution in [0.15, 0.2) is 45.9 Å². The van der Waals surface area contributed by atoms with Gasteiger partial charge in [0.25, 0.3) is 10.0 Å². The maximum atomic E-state index is 12.3. The van der Waals surface area contributed by atoms with Gasteiger partial charge in [0, 0.05) is 10.7 Å². The van der Waals surface area contributed by atoms with Crippen LogP contribution >= 0.6 is 27.5 Å². The number of rotatable bonds is 4. The third kappa shape index (κ3) is 3.50. The van der Waals surface area contributed by atoms with Crippen molar-refractivity contribution < 1.29 is 8.42 Å². The molecule has 0 saturated carbocycles. The molecule has 0 aliphatic rings. The van der Waals surface area contributed by atoms with Gasteiger partial charge in [0.1, 0.15) is 10.0 Å². The van der Waals surface area contributed by atoms with Crippen molar-refractivity contribution in [1.82, 2.24) is 4.98 Å². The molecule has 0 bridgehead atoms. The number of hydrogen-bond donors (Lipinski definition) is 1. The van der Waals surface area contributed by atoms with E-state index in [0.29, 0.717) is 5.69 Å². The number of aromatic nitrogens is 1. The molecule has 0 amide bonds. The van der Waals surface area contributed by atoms with Gasteiger partial charge in [-0.1, -0.05) is 34.5 Å². The van der Waals surface area contributed by atoms with Crippen molar-refractivity contribution in [2.75, 3.05) is 4.72 Å². The summed E-state index contributed by atoms with van der Waals surface area (Å²) in [6.45, 7) is 1.96. The quantitative estimate of drug-likeness (QED) is 0.826. The molecular formula is C13H12BrClN2O2S. The molecular weight excluding hydrogens is 364 g/mol. The van der Waals surface area contributed by atoms with E-state index in [9.17, 15) is 8.42 Å². The van der Waals surface area contributed by atoms with E-state index >= 15 is 0 Å². The SMILES string of the molecule is CCc1cc(Br)ccc1NS(=O)(=O)c1ccc(Cl)nc1. The molecule has 2 rings (SSSR count). The van der Waals surface area contributed by atoms with Gasteiger partial charge in [0.2, 0.25) is 0 Å². The number of benzene rings is 1. The average Bonchev–Trinajstić information content (AvgIpc) is 2.41. The summed E-state index contributed by atoms with van der Waals surface area (Å²) in [7, 11) is -3.66. The summed E-state index contributed by atoms with van der Waals surface area (Å²) < 4.78 is 28.0. The van der Waals surface area contributed by atoms with Crippen LogP contribution < -0.4 is 4.72 Å². The summed E-state index contributed by atoms with van der Waals surface area (Å²) in [6.07, 6.45) is 1.95. The van der Waals surface area contributed by atoms with Gasteiger partial charge in [-0.05, 0) is 42.3 Å². The number of nitrogens with one attached hydrogen (secondary N) is 1. The molecule has 1 aromatic carbocycles. The van der Waals surface area contributed by atoms with Gasteiger partial charge in [-0.2, -0.15) is 0 Å². The molecule has 1 aromatic heterocycles. The molecule has 0 atom stereocenters. The second kappa shape index (κ2) is 6.11. The fraction of sp³-hybridized carbons (Fsp3) is 0.154. The summed E-state index contributed by atoms with van der Waals surface area (Å²) >= 11 is 9.02. The topological polar surface area (TPSA) is 59.1 Å². The van der Waals surface area contributed by atoms with Crippen LogP contribution in [-0.4, -0.2) is 13.4 Å². The highest BCUT2D eigenvalue weighted by Crippen LogP contribution is 2.24. The Morgan fingerprint density at radius 2 is 2.05 bits per heavy atom. The fourth-order valence-electron chi connectivity index (χ4n) is 1.68. The van der Waals surface area contributed by atoms with Gasteiger partial charge < -0.3 is 0 Å². The zero-order chi connectivity index (χ0) is 14.8. The lowest BCUT2D eigenvalue weighted by atomic mass is 10.1. The van der Waals surface area contributed by atoms with Gasteiger partial charge in [-0.15, -0.1) is 0 Å². The minimum Gasteiger partial charge on any atom is -0.279 e. The van der Waals surface area contributed by atoms with Gasteiger partial charge in [-0.25, -0.2) is 13.4 Å². The van der Waals surface area contributed by atoms with Crippen LogP contribution in [0.2, 0.25) is 5.15 Å². The smallest absolute Gasteiger partial charge is 0.263 e. The summed E-state index contributed by atoms with van der Waals surface area (Å²) in [5.41, 5.74) is 1.47. The van der Waals surface area contributed by atoms with Crippen molar-refractivity contribution in [3.8, 4) is 0 Å². The number of halogens is 2. The number of hydrogen-bond acceptors (Lipinski definition) is 3. The molecule has 106 valence electrons. The van der Waals surface area contributed by atoms with Crippen molar-refractivity contribution in [1.29, 1.82) is 0 Å². The lowest BCUT2D eigenvalue weighted by Gasteiger charge is -2.12. The van der Waals surface area contributed by atoms with Gasteiger partial charge in [0.15, 0.2) is 0 Å². The maximum Gasteiger partial charge on any atom is 0.263 e. The zero-order valence-electron chi connectivity index (χ0n) is 10.6. The number of anilines is 1. The van der Waals surface area contributed by atoms with E-state index in [0.717, 1.165) is 16.5 Å². The predicted octanol–water partition coefficient (Wildman–Crippen LogP) is 3.86. The van der Waals surface area contributed by atoms with Crippen LogP contribution in [0.25, 0.3) is 0 Å². The molecule has 0 saturated heterocycles. The average molecular weight is 376 g/mol. The third-order valence-corrected chi connectivity index (χ3v) is 4.77. The monoisotopic (exact) mass is 374 g/mol. The van der Waals surface area contributed by atoms with Gasteiger partial charge in [0.05, 0.1) is 5.69 Å². The van der Waals surface area contributed by atoms with E-state index in [2.05, 4.69) is 25.6 Å². The van der Waals surface area contributed by atoms with Crippen LogP contribution in [0.4, 0.5) is 5.69 Å². The standard InChI is InChI=1S/C13H12BrClN2O2S/c1-2-9-7-10(14)3-5-12(9)17-20(18,19)11-4-6-13(15)16-8-11/h3-8,17H,2H2,1H3. The largest absolute Gasteiger partial charge is 0.279 e. The molecule has 1 heterocycles. The minimum absolute atomic E-state index is 0.0758. The Morgan fingerprint density at radius 3 is 2.65 bits per heavy atom. The maximum absolute atomic E-state index is 12.3. The van der Waals surface area contributed by atoms with Crippen molar-refractivity contribution in [3.63, 3.8) is 0 Å². The van der Waals surface area contributed by atoms with Crippen molar-refractivity contribution in [2.24, 2.45) is 0 Å². The number of aryl methyl sites for hydroxylation is 1. The second-order valence-electron chi connectivity index (χ2n) is 4.08. The van der Waals surface area contributed by atoms with E-state index in [4.69, 9.17) is 11.6 Å². The molecule has 4 nitrogen and oxygen atoms in total. The molecule has 1 N–H and O–H groups in total. The highest BCUT2D eigenvalue weighted by atomic mass is 79.9. The number of sulfonamides is 1. The number of pyridine rings is 1. The molecule has 0 aliphatic heterocycles. The van der Waals surface area contributed by atoms with Crippen LogP contribution in [0.3, 0.4) is 0 Å². The van der Waals surface area contributed by atoms with Crippen LogP contribution in [0.5, 0.6) is 0 Å². The Morgan fingerprint density at radius 1 is 1.30 bits per heavy atom. The zero-order valence-corrected chi connectivity index (χ0v) is 13.8. The summed E-state index contributed by atoms with van der Waals surface area (Å²) in [6, 6.07) is 8.26. The first-order valence-electron chi connectivity index (χ1n) is 5.85. The first kappa shape index (κ1) is 15.3. The van der Waals surface area contributed by atoms with Gasteiger partial charge in [-0.3, -0.25) is 4.72 Å². The van der Waals surface area contributed by atoms with Crippen LogP contribution in [0, 0.1) is 0 Å². The lowest BCUT2D eigenvalue weighted by Crippen LogP contribution is -2.14. The predicted molar refractivity (Wildman–Crippen MR) is 83.6 cm³/mol. The van der Waals surface area contributed by atoms with Crippen molar-refractivity contribution in [3.05, 3.63) is 51.7 Å². The molecule has 0 fully saturated rings. The van der Waals surface area contributed by atoms with Crippen molar-refractivity contribution >= 4 is 43.2 Å². The van der Waals surface area contributed by atoms with E-state index in [-0.39, 0.29) is 10.0 Å². The third-order valence-electron chi connectivity index (χ3n) is 2.70. The van der Waals surface area contributed by atoms with E-state index < -0.39 is 10.0 Å². The molecule has 0 aliphatic carbocycles. The summed E-state index contributed by atoms with van der Waals surface area (Å²) in [4.78, 5) is 3.86. The highest BCUT2D eigenvalue weighted by Gasteiger charge is 2.16. The molecule has 2 aromatic rings. The first-order valence-corrected chi connectivity index (χ1v) is 8.50. The van der Waals surface area contributed by atoms with Crippen LogP contribution in [-0.2, 0) is 16.4 Å². The Balaban J connectivity index is 2.35. The van der Waals surface area contributed by atoms with E-state index in [1.165, 1.54) is 18.3 Å². The normalized spacial score (nSPS) is 11.3. The minimum atomic E-state index is -3.66. The molecule has 0 radical (unpaired) electrons. The second-order valence-corrected chi connectivity index (χ2v) is 7.06. The molecule has 7 heteroatoms. The highest BCUT2D eigenvalue weighted by molar-refractivity contribution is 9.10. The molecule has 0 spiro atoms. The van der Waals surface area contributed by atoms with Crippen LogP contribution in [0.1, 0.15) is 12.5 Å². The van der Waals surface area contributed by atoms with E-state index in [1.54, 1.807) is 12.1 Å². The van der Waals surface area contributed by atoms with Crippen molar-refractivity contribution in [2.45, 2.75) is 18.2 Å². The molecule has 0 unspecified atom stereocenters. The lowest BCUT2D eigenvalue weighted by molar-refractivity contribution is 0.600.